The Morgan fingerprint density at radius 3 is 2.60 bits per heavy atom. The number of aromatic nitrogens is 1. The summed E-state index contributed by atoms with van der Waals surface area (Å²) in [5.74, 6) is -1.62. The van der Waals surface area contributed by atoms with Crippen molar-refractivity contribution in [3.63, 3.8) is 0 Å². The molecular formula is C14H15N3O3. The molecule has 1 amide bonds. The maximum Gasteiger partial charge on any atom is 0.305 e. The lowest BCUT2D eigenvalue weighted by atomic mass is 10.2. The van der Waals surface area contributed by atoms with Crippen molar-refractivity contribution in [2.24, 2.45) is 5.73 Å². The number of nitrogens with zero attached hydrogens (tertiary/aromatic N) is 1. The molecule has 0 aliphatic carbocycles. The summed E-state index contributed by atoms with van der Waals surface area (Å²) < 4.78 is 1.90. The van der Waals surface area contributed by atoms with Crippen LogP contribution in [0, 0.1) is 0 Å². The van der Waals surface area contributed by atoms with Crippen molar-refractivity contribution < 1.29 is 14.7 Å². The largest absolute Gasteiger partial charge is 0.481 e. The Morgan fingerprint density at radius 1 is 1.25 bits per heavy atom. The van der Waals surface area contributed by atoms with Crippen LogP contribution in [-0.4, -0.2) is 27.6 Å². The minimum absolute atomic E-state index is 0.400. The summed E-state index contributed by atoms with van der Waals surface area (Å²) >= 11 is 0. The molecule has 0 saturated carbocycles. The molecule has 104 valence electrons. The lowest BCUT2D eigenvalue weighted by molar-refractivity contribution is -0.138. The van der Waals surface area contributed by atoms with Crippen molar-refractivity contribution in [3.8, 4) is 5.69 Å². The first-order chi connectivity index (χ1) is 9.56. The van der Waals surface area contributed by atoms with Gasteiger partial charge in [-0.05, 0) is 30.3 Å². The number of carbonyl (C=O) groups excluding carboxylic acids is 1. The van der Waals surface area contributed by atoms with Gasteiger partial charge in [0.15, 0.2) is 0 Å². The molecule has 4 N–H and O–H groups in total. The molecule has 0 aliphatic heterocycles. The molecule has 1 aromatic heterocycles. The number of amides is 1. The molecule has 0 fully saturated rings. The zero-order chi connectivity index (χ0) is 14.5. The van der Waals surface area contributed by atoms with Crippen LogP contribution in [0.1, 0.15) is 6.42 Å². The number of nitrogens with one attached hydrogen (secondary N) is 1. The number of benzene rings is 1. The summed E-state index contributed by atoms with van der Waals surface area (Å²) in [7, 11) is 0. The smallest absolute Gasteiger partial charge is 0.305 e. The van der Waals surface area contributed by atoms with E-state index in [1.54, 1.807) is 18.2 Å². The second-order valence-electron chi connectivity index (χ2n) is 4.33. The minimum atomic E-state index is -1.10. The number of carboxylic acids is 1. The molecule has 0 aliphatic rings. The highest BCUT2D eigenvalue weighted by molar-refractivity contribution is 5.96. The summed E-state index contributed by atoms with van der Waals surface area (Å²) in [5, 5.41) is 11.2. The van der Waals surface area contributed by atoms with E-state index >= 15 is 0 Å². The van der Waals surface area contributed by atoms with Gasteiger partial charge in [-0.1, -0.05) is 6.07 Å². The van der Waals surface area contributed by atoms with E-state index < -0.39 is 24.3 Å². The first kappa shape index (κ1) is 13.8. The van der Waals surface area contributed by atoms with E-state index in [2.05, 4.69) is 5.32 Å². The first-order valence-electron chi connectivity index (χ1n) is 6.08. The van der Waals surface area contributed by atoms with E-state index in [0.717, 1.165) is 5.69 Å². The molecule has 0 saturated heterocycles. The van der Waals surface area contributed by atoms with Crippen molar-refractivity contribution in [2.45, 2.75) is 12.5 Å². The summed E-state index contributed by atoms with van der Waals surface area (Å²) in [5.41, 5.74) is 6.96. The molecule has 2 rings (SSSR count). The highest BCUT2D eigenvalue weighted by Gasteiger charge is 2.17. The van der Waals surface area contributed by atoms with Gasteiger partial charge >= 0.3 is 5.97 Å². The maximum atomic E-state index is 11.7. The Hall–Kier alpha value is -2.60. The Balaban J connectivity index is 2.08. The van der Waals surface area contributed by atoms with Crippen LogP contribution in [0.4, 0.5) is 5.69 Å². The molecule has 6 heteroatoms. The van der Waals surface area contributed by atoms with E-state index in [-0.39, 0.29) is 0 Å². The number of hydrogen-bond acceptors (Lipinski definition) is 3. The first-order valence-corrected chi connectivity index (χ1v) is 6.08. The minimum Gasteiger partial charge on any atom is -0.481 e. The SMILES string of the molecule is NC(CC(=O)O)C(=O)Nc1cccc(-n2cccc2)c1. The Morgan fingerprint density at radius 2 is 1.95 bits per heavy atom. The fourth-order valence-electron chi connectivity index (χ4n) is 1.77. The third-order valence-corrected chi connectivity index (χ3v) is 2.75. The summed E-state index contributed by atoms with van der Waals surface area (Å²) in [6.07, 6.45) is 3.37. The monoisotopic (exact) mass is 273 g/mol. The van der Waals surface area contributed by atoms with E-state index in [0.29, 0.717) is 5.69 Å². The standard InChI is InChI=1S/C14H15N3O3/c15-12(9-13(18)19)14(20)16-10-4-3-5-11(8-10)17-6-1-2-7-17/h1-8,12H,9,15H2,(H,16,20)(H,18,19). The molecule has 1 atom stereocenters. The van der Waals surface area contributed by atoms with E-state index in [1.165, 1.54) is 0 Å². The molecule has 1 heterocycles. The second kappa shape index (κ2) is 6.03. The average Bonchev–Trinajstić information content (AvgIpc) is 2.92. The highest BCUT2D eigenvalue weighted by atomic mass is 16.4. The van der Waals surface area contributed by atoms with Gasteiger partial charge in [-0.25, -0.2) is 0 Å². The molecule has 20 heavy (non-hydrogen) atoms. The summed E-state index contributed by atoms with van der Waals surface area (Å²) in [6, 6.07) is 9.93. The third kappa shape index (κ3) is 3.46. The quantitative estimate of drug-likeness (QED) is 0.763. The van der Waals surface area contributed by atoms with Gasteiger partial charge in [0.05, 0.1) is 12.5 Å². The fraction of sp³-hybridized carbons (Fsp3) is 0.143. The third-order valence-electron chi connectivity index (χ3n) is 2.75. The number of anilines is 1. The number of carboxylic acid groups (broad SMARTS) is 1. The van der Waals surface area contributed by atoms with E-state index in [9.17, 15) is 9.59 Å². The van der Waals surface area contributed by atoms with Crippen molar-refractivity contribution >= 4 is 17.6 Å². The van der Waals surface area contributed by atoms with Gasteiger partial charge in [-0.15, -0.1) is 0 Å². The van der Waals surface area contributed by atoms with Crippen LogP contribution >= 0.6 is 0 Å². The van der Waals surface area contributed by atoms with Crippen LogP contribution in [0.5, 0.6) is 0 Å². The van der Waals surface area contributed by atoms with Crippen LogP contribution in [0.15, 0.2) is 48.8 Å². The Labute approximate surface area is 115 Å². The topological polar surface area (TPSA) is 97.4 Å². The fourth-order valence-corrected chi connectivity index (χ4v) is 1.77. The van der Waals surface area contributed by atoms with Gasteiger partial charge in [0.1, 0.15) is 0 Å². The second-order valence-corrected chi connectivity index (χ2v) is 4.33. The number of nitrogens with two attached hydrogens (primary N) is 1. The van der Waals surface area contributed by atoms with E-state index in [4.69, 9.17) is 10.8 Å². The number of aliphatic carboxylic acids is 1. The molecule has 1 aromatic carbocycles. The average molecular weight is 273 g/mol. The predicted molar refractivity (Wildman–Crippen MR) is 74.6 cm³/mol. The number of hydrogen-bond donors (Lipinski definition) is 3. The number of rotatable bonds is 5. The van der Waals surface area contributed by atoms with Gasteiger partial charge in [0.25, 0.3) is 0 Å². The number of carbonyl (C=O) groups is 2. The van der Waals surface area contributed by atoms with Gasteiger partial charge in [0.2, 0.25) is 5.91 Å². The predicted octanol–water partition coefficient (Wildman–Crippen LogP) is 1.22. The summed E-state index contributed by atoms with van der Waals surface area (Å²) in [6.45, 7) is 0. The highest BCUT2D eigenvalue weighted by Crippen LogP contribution is 2.15. The zero-order valence-corrected chi connectivity index (χ0v) is 10.7. The van der Waals surface area contributed by atoms with Gasteiger partial charge in [-0.2, -0.15) is 0 Å². The lowest BCUT2D eigenvalue weighted by Crippen LogP contribution is -2.37. The normalized spacial score (nSPS) is 11.8. The Kier molecular flexibility index (Phi) is 4.17. The summed E-state index contributed by atoms with van der Waals surface area (Å²) in [4.78, 5) is 22.3. The molecule has 0 bridgehead atoms. The molecule has 1 unspecified atom stereocenters. The van der Waals surface area contributed by atoms with Crippen LogP contribution in [0.25, 0.3) is 5.69 Å². The molecule has 0 radical (unpaired) electrons. The van der Waals surface area contributed by atoms with Gasteiger partial charge in [0, 0.05) is 23.8 Å². The Bertz CT molecular complexity index is 608. The molecule has 6 nitrogen and oxygen atoms in total. The van der Waals surface area contributed by atoms with Gasteiger partial charge < -0.3 is 20.7 Å². The van der Waals surface area contributed by atoms with Crippen molar-refractivity contribution in [1.29, 1.82) is 0 Å². The van der Waals surface area contributed by atoms with Crippen molar-refractivity contribution in [2.75, 3.05) is 5.32 Å². The van der Waals surface area contributed by atoms with Crippen LogP contribution in [0.2, 0.25) is 0 Å². The molecule has 0 spiro atoms. The molecule has 2 aromatic rings. The molecular weight excluding hydrogens is 258 g/mol. The lowest BCUT2D eigenvalue weighted by Gasteiger charge is -2.11. The van der Waals surface area contributed by atoms with Crippen molar-refractivity contribution in [3.05, 3.63) is 48.8 Å². The van der Waals surface area contributed by atoms with Crippen LogP contribution in [0.3, 0.4) is 0 Å². The zero-order valence-electron chi connectivity index (χ0n) is 10.7. The van der Waals surface area contributed by atoms with Crippen molar-refractivity contribution in [1.82, 2.24) is 4.57 Å². The maximum absolute atomic E-state index is 11.7. The van der Waals surface area contributed by atoms with E-state index in [1.807, 2.05) is 35.2 Å². The van der Waals surface area contributed by atoms with Gasteiger partial charge in [-0.3, -0.25) is 9.59 Å². The van der Waals surface area contributed by atoms with Crippen LogP contribution < -0.4 is 11.1 Å². The van der Waals surface area contributed by atoms with Crippen LogP contribution in [-0.2, 0) is 9.59 Å².